The molecule has 0 atom stereocenters. The second kappa shape index (κ2) is 19.6. The molecule has 0 fully saturated rings. The zero-order valence-electron chi connectivity index (χ0n) is 24.9. The van der Waals surface area contributed by atoms with Crippen molar-refractivity contribution in [3.63, 3.8) is 0 Å². The first kappa shape index (κ1) is 45.6. The number of hydrogen-bond donors (Lipinski definition) is 0. The van der Waals surface area contributed by atoms with Gasteiger partial charge in [0.15, 0.2) is 46.5 Å². The summed E-state index contributed by atoms with van der Waals surface area (Å²) < 4.78 is 130. The monoisotopic (exact) mass is 668 g/mol. The molecule has 0 aliphatic heterocycles. The van der Waals surface area contributed by atoms with E-state index in [-0.39, 0.29) is 21.7 Å². The van der Waals surface area contributed by atoms with Crippen LogP contribution in [0.2, 0.25) is 0 Å². The minimum Gasteiger partial charge on any atom is -0.668 e. The molecule has 2 aromatic rings. The molecule has 2 rings (SSSR count). The molecule has 0 amide bonds. The second-order valence-corrected chi connectivity index (χ2v) is 9.96. The van der Waals surface area contributed by atoms with Gasteiger partial charge in [0.1, 0.15) is 0 Å². The van der Waals surface area contributed by atoms with E-state index < -0.39 is 92.8 Å². The summed E-state index contributed by atoms with van der Waals surface area (Å²) in [6.07, 6.45) is -2.98. The topological polar surface area (TPSA) is 96.2 Å². The van der Waals surface area contributed by atoms with Crippen molar-refractivity contribution >= 4 is 0 Å². The van der Waals surface area contributed by atoms with E-state index in [0.717, 1.165) is 0 Å². The zero-order valence-corrected chi connectivity index (χ0v) is 26.4. The molecule has 238 valence electrons. The van der Waals surface area contributed by atoms with Gasteiger partial charge >= 0.3 is 21.7 Å². The molecule has 0 N–H and O–H groups in total. The molecule has 6 radical (unpaired) electrons. The van der Waals surface area contributed by atoms with Gasteiger partial charge in [-0.3, -0.25) is 0 Å². The molecule has 0 unspecified atom stereocenters. The third-order valence-electron chi connectivity index (χ3n) is 3.72. The first-order valence-corrected chi connectivity index (χ1v) is 11.5. The maximum Gasteiger partial charge on any atom is 4.00 e. The van der Waals surface area contributed by atoms with Crippen LogP contribution < -0.4 is 10.6 Å². The molecule has 0 aromatic heterocycles. The van der Waals surface area contributed by atoms with Crippen molar-refractivity contribution in [1.82, 2.24) is 10.6 Å². The molecule has 43 heavy (non-hydrogen) atoms. The molecule has 0 bridgehead atoms. The smallest absolute Gasteiger partial charge is 0.668 e. The average molecular weight is 668 g/mol. The Hall–Kier alpha value is -1.79. The van der Waals surface area contributed by atoms with Gasteiger partial charge in [-0.1, -0.05) is 0 Å². The Morgan fingerprint density at radius 1 is 0.442 bits per heavy atom. The van der Waals surface area contributed by atoms with Gasteiger partial charge in [0.05, 0.1) is 11.1 Å². The normalized spacial score (nSPS) is 11.2. The number of nitrogens with zero attached hydrogens (tertiary/aromatic N) is 4. The van der Waals surface area contributed by atoms with Crippen LogP contribution >= 0.6 is 0 Å². The quantitative estimate of drug-likeness (QED) is 0.141. The Balaban J connectivity index is -0.000000616. The number of rotatable bonds is 4. The van der Waals surface area contributed by atoms with Crippen LogP contribution in [0.5, 0.6) is 0 Å². The Morgan fingerprint density at radius 2 is 0.581 bits per heavy atom. The molecule has 2 aromatic carbocycles. The van der Waals surface area contributed by atoms with E-state index in [1.54, 1.807) is 28.2 Å². The van der Waals surface area contributed by atoms with Gasteiger partial charge in [0.2, 0.25) is 11.6 Å². The maximum absolute atomic E-state index is 13.2. The van der Waals surface area contributed by atoms with Crippen LogP contribution in [0.25, 0.3) is 10.6 Å². The fraction of sp³-hybridized carbons (Fsp3) is 0.462. The Bertz CT molecular complexity index is 1020. The van der Waals surface area contributed by atoms with Crippen LogP contribution in [0, 0.1) is 70.6 Å². The summed E-state index contributed by atoms with van der Waals surface area (Å²) in [5.74, 6) is -22.0. The minimum absolute atomic E-state index is 0. The van der Waals surface area contributed by atoms with E-state index in [4.69, 9.17) is 0 Å². The maximum atomic E-state index is 13.2. The Kier molecular flexibility index (Phi) is 20.8. The van der Waals surface area contributed by atoms with Crippen LogP contribution in [-0.2, 0) is 31.9 Å². The predicted molar refractivity (Wildman–Crippen MR) is 133 cm³/mol. The van der Waals surface area contributed by atoms with E-state index in [9.17, 15) is 54.1 Å². The van der Waals surface area contributed by atoms with Crippen molar-refractivity contribution in [3.05, 3.63) is 92.4 Å². The number of benzene rings is 2. The van der Waals surface area contributed by atoms with Crippen molar-refractivity contribution in [2.24, 2.45) is 0 Å². The van der Waals surface area contributed by atoms with Crippen LogP contribution in [0.4, 0.5) is 43.9 Å². The van der Waals surface area contributed by atoms with Gasteiger partial charge in [-0.25, -0.2) is 43.9 Å². The van der Waals surface area contributed by atoms with E-state index in [0.29, 0.717) is 0 Å². The van der Waals surface area contributed by atoms with Crippen molar-refractivity contribution in [2.75, 3.05) is 28.2 Å². The summed E-state index contributed by atoms with van der Waals surface area (Å²) in [6, 6.07) is 0. The van der Waals surface area contributed by atoms with Gasteiger partial charge in [-0.2, -0.15) is 49.0 Å². The van der Waals surface area contributed by atoms with Gasteiger partial charge in [0.25, 0.3) is 12.5 Å². The molecular formula is C26H30F10N4O2Ti+2. The largest absolute Gasteiger partial charge is 4.00 e. The van der Waals surface area contributed by atoms with Crippen molar-refractivity contribution < 1.29 is 75.8 Å². The van der Waals surface area contributed by atoms with Crippen LogP contribution in [0.3, 0.4) is 0 Å². The van der Waals surface area contributed by atoms with Gasteiger partial charge < -0.3 is 10.6 Å². The Morgan fingerprint density at radius 3 is 0.721 bits per heavy atom. The minimum atomic E-state index is -2.31. The third-order valence-corrected chi connectivity index (χ3v) is 3.72. The van der Waals surface area contributed by atoms with E-state index in [1.807, 2.05) is 0 Å². The van der Waals surface area contributed by atoms with Crippen LogP contribution in [-0.4, -0.2) is 39.3 Å². The average Bonchev–Trinajstić information content (AvgIpc) is 2.83. The first-order valence-electron chi connectivity index (χ1n) is 11.5. The SMILES string of the molecule is CC(C)(C)[N][C]([O])c1c(F)c(F)c(F)c(F)c1F.CC(C)(C)[N][C]([O])c1c(F)c(F)c(F)c(F)c1F.C[N-]C.C[N-]C.[Ti+4]. The van der Waals surface area contributed by atoms with Crippen LogP contribution in [0.15, 0.2) is 0 Å². The number of halogens is 10. The summed E-state index contributed by atoms with van der Waals surface area (Å²) in [7, 11) is 7.00. The number of hydrogen-bond acceptors (Lipinski definition) is 0. The molecule has 0 spiro atoms. The van der Waals surface area contributed by atoms with E-state index in [2.05, 4.69) is 21.3 Å². The van der Waals surface area contributed by atoms with Crippen molar-refractivity contribution in [1.29, 1.82) is 0 Å². The predicted octanol–water partition coefficient (Wildman–Crippen LogP) is 7.34. The van der Waals surface area contributed by atoms with Crippen molar-refractivity contribution in [3.8, 4) is 0 Å². The standard InChI is InChI=1S/2C11H9F5NO.2C2H6N.Ti/c2*1-11(2,3)17-10(18)4-5(12)7(14)9(16)8(15)6(4)13;2*1-3-2;/h2*1-3H3;2*1-2H3;/q;;2*-1;+4. The van der Waals surface area contributed by atoms with Gasteiger partial charge in [-0.15, -0.1) is 0 Å². The van der Waals surface area contributed by atoms with E-state index in [1.165, 1.54) is 41.5 Å². The van der Waals surface area contributed by atoms with Gasteiger partial charge in [0, 0.05) is 11.1 Å². The fourth-order valence-corrected chi connectivity index (χ4v) is 2.31. The summed E-state index contributed by atoms with van der Waals surface area (Å²) in [6.45, 7) is 8.65. The first-order chi connectivity index (χ1) is 18.9. The molecule has 6 nitrogen and oxygen atoms in total. The summed E-state index contributed by atoms with van der Waals surface area (Å²) >= 11 is 0. The summed E-state index contributed by atoms with van der Waals surface area (Å²) in [5.41, 5.74) is -5.09. The molecule has 17 heteroatoms. The molecule has 0 aliphatic rings. The molecule has 0 aliphatic carbocycles. The zero-order chi connectivity index (χ0) is 33.9. The molecule has 0 saturated heterocycles. The van der Waals surface area contributed by atoms with Crippen LogP contribution in [0.1, 0.15) is 52.7 Å². The Labute approximate surface area is 259 Å². The third kappa shape index (κ3) is 14.2. The summed E-state index contributed by atoms with van der Waals surface area (Å²) in [5, 5.41) is 36.5. The molecule has 0 saturated carbocycles. The van der Waals surface area contributed by atoms with E-state index >= 15 is 0 Å². The van der Waals surface area contributed by atoms with Gasteiger partial charge in [-0.05, 0) is 41.5 Å². The molecular weight excluding hydrogens is 638 g/mol. The van der Waals surface area contributed by atoms with Crippen molar-refractivity contribution in [2.45, 2.75) is 52.6 Å². The summed E-state index contributed by atoms with van der Waals surface area (Å²) in [4.78, 5) is 0. The fourth-order valence-electron chi connectivity index (χ4n) is 2.31. The molecule has 0 heterocycles. The second-order valence-electron chi connectivity index (χ2n) is 9.96.